The van der Waals surface area contributed by atoms with E-state index in [-0.39, 0.29) is 11.9 Å². The van der Waals surface area contributed by atoms with Gasteiger partial charge in [-0.1, -0.05) is 5.92 Å². The van der Waals surface area contributed by atoms with Crippen LogP contribution in [0.3, 0.4) is 0 Å². The number of pyridine rings is 1. The summed E-state index contributed by atoms with van der Waals surface area (Å²) in [5.41, 5.74) is 1.34. The Bertz CT molecular complexity index is 908. The van der Waals surface area contributed by atoms with Gasteiger partial charge in [0.2, 0.25) is 0 Å². The zero-order chi connectivity index (χ0) is 17.4. The Labute approximate surface area is 144 Å². The van der Waals surface area contributed by atoms with E-state index in [1.54, 1.807) is 6.07 Å². The SMILES string of the molecule is COC(=O)C#Cc1coc2cnc(C(=O)NC3CN4CCC3C4)cc12. The number of nitrogens with zero attached hydrogens (tertiary/aromatic N) is 2. The zero-order valence-corrected chi connectivity index (χ0v) is 13.7. The van der Waals surface area contributed by atoms with Crippen LogP contribution < -0.4 is 5.32 Å². The van der Waals surface area contributed by atoms with Gasteiger partial charge in [0, 0.05) is 30.4 Å². The van der Waals surface area contributed by atoms with E-state index in [1.165, 1.54) is 19.6 Å². The van der Waals surface area contributed by atoms with Crippen molar-refractivity contribution >= 4 is 22.8 Å². The van der Waals surface area contributed by atoms with E-state index in [1.807, 2.05) is 0 Å². The fourth-order valence-corrected chi connectivity index (χ4v) is 3.51. The highest BCUT2D eigenvalue weighted by molar-refractivity contribution is 5.97. The topological polar surface area (TPSA) is 84.7 Å². The second-order valence-corrected chi connectivity index (χ2v) is 6.34. The lowest BCUT2D eigenvalue weighted by Crippen LogP contribution is -2.43. The molecule has 0 spiro atoms. The minimum atomic E-state index is -0.632. The molecule has 2 saturated heterocycles. The lowest BCUT2D eigenvalue weighted by Gasteiger charge is -2.22. The molecule has 4 heterocycles. The molecule has 25 heavy (non-hydrogen) atoms. The van der Waals surface area contributed by atoms with Crippen molar-refractivity contribution in [3.8, 4) is 11.8 Å². The van der Waals surface area contributed by atoms with E-state index in [4.69, 9.17) is 4.42 Å². The number of carbonyl (C=O) groups is 2. The van der Waals surface area contributed by atoms with Gasteiger partial charge in [-0.25, -0.2) is 9.78 Å². The Hall–Kier alpha value is -2.85. The van der Waals surface area contributed by atoms with Crippen molar-refractivity contribution in [1.29, 1.82) is 0 Å². The number of carbonyl (C=O) groups excluding carboxylic acids is 2. The normalized spacial score (nSPS) is 24.0. The number of ether oxygens (including phenoxy) is 1. The van der Waals surface area contributed by atoms with Crippen LogP contribution in [0.1, 0.15) is 22.5 Å². The third-order valence-corrected chi connectivity index (χ3v) is 4.83. The van der Waals surface area contributed by atoms with Crippen LogP contribution in [0.4, 0.5) is 0 Å². The lowest BCUT2D eigenvalue weighted by atomic mass is 10.00. The van der Waals surface area contributed by atoms with Gasteiger partial charge >= 0.3 is 5.97 Å². The van der Waals surface area contributed by atoms with Crippen LogP contribution in [-0.2, 0) is 9.53 Å². The van der Waals surface area contributed by atoms with Crippen molar-refractivity contribution in [2.75, 3.05) is 26.7 Å². The number of hydrogen-bond donors (Lipinski definition) is 1. The number of fused-ring (bicyclic) bond motifs is 3. The summed E-state index contributed by atoms with van der Waals surface area (Å²) in [6.45, 7) is 3.09. The highest BCUT2D eigenvalue weighted by Gasteiger charge is 2.38. The Morgan fingerprint density at radius 1 is 1.44 bits per heavy atom. The van der Waals surface area contributed by atoms with E-state index >= 15 is 0 Å². The van der Waals surface area contributed by atoms with Gasteiger partial charge in [0.05, 0.1) is 18.9 Å². The van der Waals surface area contributed by atoms with Crippen LogP contribution in [0.5, 0.6) is 0 Å². The number of esters is 1. The van der Waals surface area contributed by atoms with Crippen molar-refractivity contribution in [3.05, 3.63) is 29.8 Å². The third-order valence-electron chi connectivity index (χ3n) is 4.83. The number of amides is 1. The molecule has 2 bridgehead atoms. The number of furan rings is 1. The van der Waals surface area contributed by atoms with Crippen LogP contribution >= 0.6 is 0 Å². The molecule has 7 nitrogen and oxygen atoms in total. The summed E-state index contributed by atoms with van der Waals surface area (Å²) in [5.74, 6) is 4.75. The number of nitrogens with one attached hydrogen (secondary N) is 1. The molecule has 0 radical (unpaired) electrons. The van der Waals surface area contributed by atoms with Crippen molar-refractivity contribution in [3.63, 3.8) is 0 Å². The monoisotopic (exact) mass is 339 g/mol. The van der Waals surface area contributed by atoms with E-state index in [0.29, 0.717) is 28.1 Å². The molecule has 2 fully saturated rings. The molecule has 3 unspecified atom stereocenters. The molecule has 7 heteroatoms. The van der Waals surface area contributed by atoms with E-state index < -0.39 is 5.97 Å². The van der Waals surface area contributed by atoms with Crippen molar-refractivity contribution < 1.29 is 18.7 Å². The van der Waals surface area contributed by atoms with Gasteiger partial charge in [-0.2, -0.15) is 0 Å². The molecule has 1 amide bonds. The summed E-state index contributed by atoms with van der Waals surface area (Å²) >= 11 is 0. The van der Waals surface area contributed by atoms with Gasteiger partial charge < -0.3 is 19.4 Å². The molecule has 3 atom stereocenters. The molecule has 0 aliphatic carbocycles. The standard InChI is InChI=1S/C18H17N3O4/c1-24-17(22)3-2-12-10-25-16-7-19-14(6-13(12)16)18(23)20-15-9-21-5-4-11(15)8-21/h6-7,10-11,15H,4-5,8-9H2,1H3,(H,20,23). The van der Waals surface area contributed by atoms with E-state index in [9.17, 15) is 9.59 Å². The molecule has 2 aliphatic heterocycles. The summed E-state index contributed by atoms with van der Waals surface area (Å²) in [5, 5.41) is 3.72. The first-order valence-electron chi connectivity index (χ1n) is 8.14. The van der Waals surface area contributed by atoms with Crippen LogP contribution in [0.2, 0.25) is 0 Å². The number of hydrogen-bond acceptors (Lipinski definition) is 6. The van der Waals surface area contributed by atoms with Crippen molar-refractivity contribution in [2.24, 2.45) is 5.92 Å². The van der Waals surface area contributed by atoms with Crippen LogP contribution in [0.25, 0.3) is 11.0 Å². The minimum Gasteiger partial charge on any atom is -0.461 e. The molecule has 2 aliphatic rings. The second kappa shape index (κ2) is 6.22. The number of piperidine rings is 1. The summed E-state index contributed by atoms with van der Waals surface area (Å²) in [6, 6.07) is 1.82. The maximum absolute atomic E-state index is 12.5. The average Bonchev–Trinajstić information content (AvgIpc) is 3.34. The molecular weight excluding hydrogens is 322 g/mol. The highest BCUT2D eigenvalue weighted by Crippen LogP contribution is 2.28. The number of aromatic nitrogens is 1. The quantitative estimate of drug-likeness (QED) is 0.643. The largest absolute Gasteiger partial charge is 0.461 e. The van der Waals surface area contributed by atoms with E-state index in [2.05, 4.69) is 31.8 Å². The molecule has 0 aromatic carbocycles. The van der Waals surface area contributed by atoms with Crippen LogP contribution in [-0.4, -0.2) is 54.5 Å². The number of methoxy groups -OCH3 is 1. The van der Waals surface area contributed by atoms with Gasteiger partial charge in [0.15, 0.2) is 5.58 Å². The van der Waals surface area contributed by atoms with Crippen molar-refractivity contribution in [2.45, 2.75) is 12.5 Å². The Kier molecular flexibility index (Phi) is 3.90. The predicted molar refractivity (Wildman–Crippen MR) is 88.7 cm³/mol. The summed E-state index contributed by atoms with van der Waals surface area (Å²) in [6.07, 6.45) is 4.07. The summed E-state index contributed by atoms with van der Waals surface area (Å²) in [4.78, 5) is 30.2. The predicted octanol–water partition coefficient (Wildman–Crippen LogP) is 0.786. The number of rotatable bonds is 2. The second-order valence-electron chi connectivity index (χ2n) is 6.34. The van der Waals surface area contributed by atoms with Crippen LogP contribution in [0, 0.1) is 17.8 Å². The smallest absolute Gasteiger partial charge is 0.384 e. The van der Waals surface area contributed by atoms with E-state index in [0.717, 1.165) is 26.1 Å². The van der Waals surface area contributed by atoms with Gasteiger partial charge in [0.25, 0.3) is 5.91 Å². The third kappa shape index (κ3) is 2.96. The maximum atomic E-state index is 12.5. The summed E-state index contributed by atoms with van der Waals surface area (Å²) < 4.78 is 9.87. The molecule has 1 N–H and O–H groups in total. The van der Waals surface area contributed by atoms with Gasteiger partial charge in [0.1, 0.15) is 12.0 Å². The first kappa shape index (κ1) is 15.7. The molecular formula is C18H17N3O4. The maximum Gasteiger partial charge on any atom is 0.384 e. The molecule has 2 aromatic rings. The minimum absolute atomic E-state index is 0.182. The fraction of sp³-hybridized carbons (Fsp3) is 0.389. The Balaban J connectivity index is 1.56. The van der Waals surface area contributed by atoms with Crippen LogP contribution in [0.15, 0.2) is 22.9 Å². The van der Waals surface area contributed by atoms with Crippen molar-refractivity contribution in [1.82, 2.24) is 15.2 Å². The summed E-state index contributed by atoms with van der Waals surface area (Å²) in [7, 11) is 1.27. The molecule has 128 valence electrons. The Morgan fingerprint density at radius 3 is 3.04 bits per heavy atom. The van der Waals surface area contributed by atoms with Gasteiger partial charge in [-0.3, -0.25) is 4.79 Å². The average molecular weight is 339 g/mol. The molecule has 4 rings (SSSR count). The fourth-order valence-electron chi connectivity index (χ4n) is 3.51. The zero-order valence-electron chi connectivity index (χ0n) is 13.7. The first-order chi connectivity index (χ1) is 12.1. The molecule has 0 saturated carbocycles. The molecule has 2 aromatic heterocycles. The van der Waals surface area contributed by atoms with Gasteiger partial charge in [-0.15, -0.1) is 0 Å². The lowest BCUT2D eigenvalue weighted by molar-refractivity contribution is -0.133. The van der Waals surface area contributed by atoms with Gasteiger partial charge in [-0.05, 0) is 24.9 Å². The first-order valence-corrected chi connectivity index (χ1v) is 8.14. The highest BCUT2D eigenvalue weighted by atomic mass is 16.5. The Morgan fingerprint density at radius 2 is 2.32 bits per heavy atom.